The molecule has 0 atom stereocenters. The van der Waals surface area contributed by atoms with E-state index in [1.54, 1.807) is 12.3 Å². The van der Waals surface area contributed by atoms with Gasteiger partial charge in [-0.2, -0.15) is 0 Å². The molecule has 0 fully saturated rings. The number of carbonyl (C=O) groups is 1. The lowest BCUT2D eigenvalue weighted by Gasteiger charge is -2.08. The van der Waals surface area contributed by atoms with Crippen LogP contribution >= 0.6 is 0 Å². The van der Waals surface area contributed by atoms with Crippen LogP contribution in [0.2, 0.25) is 0 Å². The molecule has 0 aliphatic heterocycles. The zero-order valence-corrected chi connectivity index (χ0v) is 16.6. The van der Waals surface area contributed by atoms with Crippen LogP contribution in [0.4, 0.5) is 0 Å². The van der Waals surface area contributed by atoms with Crippen LogP contribution in [-0.2, 0) is 16.1 Å². The first-order valence-electron chi connectivity index (χ1n) is 9.55. The van der Waals surface area contributed by atoms with Gasteiger partial charge < -0.3 is 14.2 Å². The normalized spacial score (nSPS) is 10.7. The Balaban J connectivity index is 1.42. The van der Waals surface area contributed by atoms with Crippen LogP contribution in [0.5, 0.6) is 11.5 Å². The molecular formula is C22H24N2O5. The first kappa shape index (κ1) is 20.4. The van der Waals surface area contributed by atoms with E-state index < -0.39 is 0 Å². The molecule has 7 nitrogen and oxygen atoms in total. The number of carbonyl (C=O) groups excluding carboxylic acids is 1. The van der Waals surface area contributed by atoms with E-state index in [4.69, 9.17) is 14.2 Å². The van der Waals surface area contributed by atoms with Gasteiger partial charge in [0.1, 0.15) is 23.8 Å². The highest BCUT2D eigenvalue weighted by molar-refractivity contribution is 5.69. The van der Waals surface area contributed by atoms with Crippen LogP contribution in [0.1, 0.15) is 31.0 Å². The average Bonchev–Trinajstić information content (AvgIpc) is 2.71. The van der Waals surface area contributed by atoms with Crippen LogP contribution in [0, 0.1) is 6.92 Å². The zero-order chi connectivity index (χ0) is 20.6. The maximum absolute atomic E-state index is 12.2. The largest absolute Gasteiger partial charge is 0.494 e. The van der Waals surface area contributed by atoms with E-state index in [0.717, 1.165) is 17.1 Å². The summed E-state index contributed by atoms with van der Waals surface area (Å²) in [6, 6.07) is 12.4. The van der Waals surface area contributed by atoms with E-state index in [-0.39, 0.29) is 24.6 Å². The lowest BCUT2D eigenvalue weighted by atomic mass is 10.3. The smallest absolute Gasteiger partial charge is 0.306 e. The minimum atomic E-state index is -0.355. The number of pyridine rings is 1. The second kappa shape index (κ2) is 9.73. The molecule has 0 aliphatic rings. The summed E-state index contributed by atoms with van der Waals surface area (Å²) in [5.74, 6) is 1.16. The van der Waals surface area contributed by atoms with Crippen LogP contribution < -0.4 is 15.0 Å². The standard InChI is InChI=1S/C22H24N2O5/c1-3-27-18-7-9-19(10-8-18)28-12-4-5-22(26)29-15-17-13-21(25)24-14-16(2)6-11-20(24)23-17/h6-11,13-14H,3-5,12,15H2,1-2H3. The van der Waals surface area contributed by atoms with Crippen molar-refractivity contribution in [3.63, 3.8) is 0 Å². The van der Waals surface area contributed by atoms with Crippen molar-refractivity contribution >= 4 is 11.6 Å². The van der Waals surface area contributed by atoms with Crippen LogP contribution in [0.25, 0.3) is 5.65 Å². The van der Waals surface area contributed by atoms with Gasteiger partial charge in [-0.3, -0.25) is 14.0 Å². The molecule has 0 amide bonds. The minimum Gasteiger partial charge on any atom is -0.494 e. The number of esters is 1. The number of fused-ring (bicyclic) bond motifs is 1. The molecule has 3 rings (SSSR count). The van der Waals surface area contributed by atoms with Crippen molar-refractivity contribution in [1.29, 1.82) is 0 Å². The monoisotopic (exact) mass is 396 g/mol. The first-order chi connectivity index (χ1) is 14.0. The summed E-state index contributed by atoms with van der Waals surface area (Å²) in [5.41, 5.74) is 1.72. The van der Waals surface area contributed by atoms with Gasteiger partial charge in [-0.15, -0.1) is 0 Å². The molecule has 0 unspecified atom stereocenters. The number of benzene rings is 1. The summed E-state index contributed by atoms with van der Waals surface area (Å²) >= 11 is 0. The van der Waals surface area contributed by atoms with Crippen LogP contribution in [-0.4, -0.2) is 28.6 Å². The van der Waals surface area contributed by atoms with E-state index in [1.807, 2.05) is 44.2 Å². The fourth-order valence-corrected chi connectivity index (χ4v) is 2.76. The molecule has 2 aromatic heterocycles. The number of aryl methyl sites for hydroxylation is 1. The Bertz CT molecular complexity index is 1030. The van der Waals surface area contributed by atoms with Gasteiger partial charge in [-0.1, -0.05) is 6.07 Å². The van der Waals surface area contributed by atoms with Gasteiger partial charge >= 0.3 is 5.97 Å². The summed E-state index contributed by atoms with van der Waals surface area (Å²) in [7, 11) is 0. The minimum absolute atomic E-state index is 0.0296. The number of rotatable bonds is 9. The molecule has 0 spiro atoms. The van der Waals surface area contributed by atoms with Gasteiger partial charge in [0.2, 0.25) is 0 Å². The maximum atomic E-state index is 12.2. The van der Waals surface area contributed by atoms with E-state index >= 15 is 0 Å². The van der Waals surface area contributed by atoms with Crippen molar-refractivity contribution < 1.29 is 19.0 Å². The quantitative estimate of drug-likeness (QED) is 0.408. The van der Waals surface area contributed by atoms with Crippen LogP contribution in [0.15, 0.2) is 53.5 Å². The van der Waals surface area contributed by atoms with E-state index in [0.29, 0.717) is 31.0 Å². The van der Waals surface area contributed by atoms with Gasteiger partial charge in [0, 0.05) is 18.7 Å². The van der Waals surface area contributed by atoms with Crippen LogP contribution in [0.3, 0.4) is 0 Å². The third-order valence-corrected chi connectivity index (χ3v) is 4.17. The Kier molecular flexibility index (Phi) is 6.84. The third kappa shape index (κ3) is 5.81. The van der Waals surface area contributed by atoms with Crippen molar-refractivity contribution in [3.8, 4) is 11.5 Å². The number of ether oxygens (including phenoxy) is 3. The summed E-state index contributed by atoms with van der Waals surface area (Å²) in [6.07, 6.45) is 2.48. The zero-order valence-electron chi connectivity index (χ0n) is 16.6. The highest BCUT2D eigenvalue weighted by atomic mass is 16.5. The second-order valence-electron chi connectivity index (χ2n) is 6.54. The molecule has 29 heavy (non-hydrogen) atoms. The number of nitrogens with zero attached hydrogens (tertiary/aromatic N) is 2. The predicted octanol–water partition coefficient (Wildman–Crippen LogP) is 3.30. The van der Waals surface area contributed by atoms with Crippen molar-refractivity contribution in [2.75, 3.05) is 13.2 Å². The fourth-order valence-electron chi connectivity index (χ4n) is 2.76. The van der Waals surface area contributed by atoms with E-state index in [2.05, 4.69) is 4.98 Å². The summed E-state index contributed by atoms with van der Waals surface area (Å²) in [5, 5.41) is 0. The molecule has 3 aromatic rings. The van der Waals surface area contributed by atoms with Gasteiger partial charge in [-0.25, -0.2) is 4.98 Å². The molecular weight excluding hydrogens is 372 g/mol. The summed E-state index contributed by atoms with van der Waals surface area (Å²) in [6.45, 7) is 4.82. The average molecular weight is 396 g/mol. The molecule has 152 valence electrons. The van der Waals surface area contributed by atoms with E-state index in [9.17, 15) is 9.59 Å². The summed E-state index contributed by atoms with van der Waals surface area (Å²) < 4.78 is 17.7. The Morgan fingerprint density at radius 2 is 1.79 bits per heavy atom. The Hall–Kier alpha value is -3.35. The molecule has 0 bridgehead atoms. The Labute approximate surface area is 168 Å². The lowest BCUT2D eigenvalue weighted by molar-refractivity contribution is -0.145. The molecule has 1 aromatic carbocycles. The topological polar surface area (TPSA) is 79.1 Å². The first-order valence-corrected chi connectivity index (χ1v) is 9.55. The molecule has 0 radical (unpaired) electrons. The summed E-state index contributed by atoms with van der Waals surface area (Å²) in [4.78, 5) is 28.4. The van der Waals surface area contributed by atoms with Gasteiger partial charge in [0.05, 0.1) is 18.9 Å². The second-order valence-corrected chi connectivity index (χ2v) is 6.54. The van der Waals surface area contributed by atoms with Crippen molar-refractivity contribution in [3.05, 3.63) is 70.3 Å². The molecule has 7 heteroatoms. The fraction of sp³-hybridized carbons (Fsp3) is 0.318. The Morgan fingerprint density at radius 1 is 1.07 bits per heavy atom. The highest BCUT2D eigenvalue weighted by Crippen LogP contribution is 2.17. The molecule has 0 N–H and O–H groups in total. The molecule has 0 saturated carbocycles. The highest BCUT2D eigenvalue weighted by Gasteiger charge is 2.07. The van der Waals surface area contributed by atoms with Gasteiger partial charge in [0.25, 0.3) is 5.56 Å². The maximum Gasteiger partial charge on any atom is 0.306 e. The SMILES string of the molecule is CCOc1ccc(OCCCC(=O)OCc2cc(=O)n3cc(C)ccc3n2)cc1. The van der Waals surface area contributed by atoms with Crippen molar-refractivity contribution in [2.45, 2.75) is 33.3 Å². The number of hydrogen-bond acceptors (Lipinski definition) is 6. The van der Waals surface area contributed by atoms with Gasteiger partial charge in [0.15, 0.2) is 0 Å². The van der Waals surface area contributed by atoms with Crippen molar-refractivity contribution in [2.24, 2.45) is 0 Å². The lowest BCUT2D eigenvalue weighted by Crippen LogP contribution is -2.17. The van der Waals surface area contributed by atoms with E-state index in [1.165, 1.54) is 10.5 Å². The molecule has 2 heterocycles. The number of hydrogen-bond donors (Lipinski definition) is 0. The molecule has 0 saturated heterocycles. The van der Waals surface area contributed by atoms with Gasteiger partial charge in [-0.05, 0) is 56.2 Å². The Morgan fingerprint density at radius 3 is 2.52 bits per heavy atom. The van der Waals surface area contributed by atoms with Crippen molar-refractivity contribution in [1.82, 2.24) is 9.38 Å². The molecule has 0 aliphatic carbocycles. The third-order valence-electron chi connectivity index (χ3n) is 4.17. The predicted molar refractivity (Wildman–Crippen MR) is 108 cm³/mol. The number of aromatic nitrogens is 2.